The molecule has 4 heterocycles. The van der Waals surface area contributed by atoms with Gasteiger partial charge in [-0.3, -0.25) is 14.4 Å². The molecule has 6 bridgehead atoms. The van der Waals surface area contributed by atoms with E-state index in [9.17, 15) is 14.4 Å². The maximum absolute atomic E-state index is 15.0. The Morgan fingerprint density at radius 1 is 0.930 bits per heavy atom. The lowest BCUT2D eigenvalue weighted by Gasteiger charge is -2.21. The van der Waals surface area contributed by atoms with Crippen molar-refractivity contribution in [1.82, 2.24) is 20.5 Å². The highest BCUT2D eigenvalue weighted by Gasteiger charge is 2.39. The molecule has 0 radical (unpaired) electrons. The zero-order valence-electron chi connectivity index (χ0n) is 23.0. The molecule has 3 aromatic carbocycles. The highest BCUT2D eigenvalue weighted by atomic mass is 19.1. The molecule has 3 aliphatic rings. The summed E-state index contributed by atoms with van der Waals surface area (Å²) in [5.74, 6) is -0.855. The molecule has 7 rings (SSSR count). The van der Waals surface area contributed by atoms with Crippen molar-refractivity contribution in [3.05, 3.63) is 108 Å². The number of halogens is 1. The van der Waals surface area contributed by atoms with E-state index in [0.29, 0.717) is 29.2 Å². The number of likely N-dealkylation sites (tertiary alicyclic amines) is 1. The van der Waals surface area contributed by atoms with Crippen LogP contribution in [0.3, 0.4) is 0 Å². The van der Waals surface area contributed by atoms with Gasteiger partial charge in [-0.05, 0) is 65.2 Å². The zero-order valence-corrected chi connectivity index (χ0v) is 23.0. The molecular weight excluding hydrogens is 553 g/mol. The summed E-state index contributed by atoms with van der Waals surface area (Å²) in [5.41, 5.74) is 7.88. The molecule has 10 nitrogen and oxygen atoms in total. The number of hydrogen-bond acceptors (Lipinski definition) is 7. The van der Waals surface area contributed by atoms with Gasteiger partial charge in [-0.1, -0.05) is 36.4 Å². The van der Waals surface area contributed by atoms with Crippen LogP contribution >= 0.6 is 0 Å². The van der Waals surface area contributed by atoms with E-state index in [4.69, 9.17) is 15.2 Å². The van der Waals surface area contributed by atoms with Crippen molar-refractivity contribution in [3.8, 4) is 22.6 Å². The van der Waals surface area contributed by atoms with E-state index in [1.807, 2.05) is 0 Å². The predicted octanol–water partition coefficient (Wildman–Crippen LogP) is 3.18. The van der Waals surface area contributed by atoms with Crippen molar-refractivity contribution in [3.63, 3.8) is 0 Å². The largest absolute Gasteiger partial charge is 0.486 e. The van der Waals surface area contributed by atoms with Gasteiger partial charge in [0, 0.05) is 13.1 Å². The molecule has 218 valence electrons. The molecule has 1 fully saturated rings. The number of anilines is 1. The summed E-state index contributed by atoms with van der Waals surface area (Å²) in [4.78, 5) is 44.8. The fourth-order valence-electron chi connectivity index (χ4n) is 5.08. The van der Waals surface area contributed by atoms with Crippen LogP contribution in [-0.4, -0.2) is 59.4 Å². The molecule has 11 heteroatoms. The number of carbonyl (C=O) groups excluding carboxylic acids is 3. The second-order valence-electron chi connectivity index (χ2n) is 10.3. The molecule has 1 aromatic heterocycles. The molecule has 3 aliphatic heterocycles. The minimum absolute atomic E-state index is 0.108. The number of fused-ring (bicyclic) bond motifs is 7. The van der Waals surface area contributed by atoms with Crippen LogP contribution < -0.4 is 25.8 Å². The molecule has 0 spiro atoms. The fourth-order valence-corrected chi connectivity index (χ4v) is 5.08. The number of aromatic nitrogens is 1. The molecule has 4 N–H and O–H groups in total. The van der Waals surface area contributed by atoms with Gasteiger partial charge >= 0.3 is 0 Å². The number of nitrogens with one attached hydrogen (secondary N) is 2. The van der Waals surface area contributed by atoms with Crippen molar-refractivity contribution in [2.45, 2.75) is 18.7 Å². The first kappa shape index (κ1) is 27.7. The lowest BCUT2D eigenvalue weighted by atomic mass is 10.0. The van der Waals surface area contributed by atoms with Gasteiger partial charge in [0.2, 0.25) is 0 Å². The fraction of sp³-hybridized carbons (Fsp3) is 0.188. The Labute approximate surface area is 246 Å². The molecule has 3 amide bonds. The first-order chi connectivity index (χ1) is 20.8. The standard InChI is InChI=1S/C32H28FN5O5/c33-25-12-9-21-14-24(25)31(40)37-27-16-38(32(41)26-5-2-6-29(34)36-26)17-28(27)43-22-10-7-19(8-11-22)15-35-30(39)18-42-23-4-1-3-20(21)13-23/h1-14,27-28H,15-18H2,(H2,34,36)(H,35,39)(H,37,40)/t27-,28-/m0/s1. The Balaban J connectivity index is 1.33. The third-order valence-corrected chi connectivity index (χ3v) is 7.31. The van der Waals surface area contributed by atoms with Gasteiger partial charge in [0.05, 0.1) is 18.2 Å². The van der Waals surface area contributed by atoms with Crippen molar-refractivity contribution in [1.29, 1.82) is 0 Å². The number of rotatable bonds is 1. The van der Waals surface area contributed by atoms with Crippen LogP contribution in [0.4, 0.5) is 10.2 Å². The maximum Gasteiger partial charge on any atom is 0.272 e. The highest BCUT2D eigenvalue weighted by Crippen LogP contribution is 2.27. The first-order valence-corrected chi connectivity index (χ1v) is 13.7. The van der Waals surface area contributed by atoms with E-state index in [0.717, 1.165) is 5.56 Å². The molecule has 0 aliphatic carbocycles. The van der Waals surface area contributed by atoms with Gasteiger partial charge < -0.3 is 30.7 Å². The van der Waals surface area contributed by atoms with E-state index >= 15 is 4.39 Å². The van der Waals surface area contributed by atoms with Crippen molar-refractivity contribution >= 4 is 23.5 Å². The quantitative estimate of drug-likeness (QED) is 0.314. The van der Waals surface area contributed by atoms with Gasteiger partial charge in [0.15, 0.2) is 6.61 Å². The third kappa shape index (κ3) is 6.25. The van der Waals surface area contributed by atoms with Crippen LogP contribution in [0.25, 0.3) is 11.1 Å². The van der Waals surface area contributed by atoms with Crippen molar-refractivity contribution in [2.75, 3.05) is 25.4 Å². The van der Waals surface area contributed by atoms with Crippen LogP contribution in [0.5, 0.6) is 11.5 Å². The molecule has 0 unspecified atom stereocenters. The number of amides is 3. The summed E-state index contributed by atoms with van der Waals surface area (Å²) >= 11 is 0. The maximum atomic E-state index is 15.0. The van der Waals surface area contributed by atoms with Gasteiger partial charge in [0.1, 0.15) is 34.9 Å². The summed E-state index contributed by atoms with van der Waals surface area (Å²) < 4.78 is 26.9. The molecule has 2 atom stereocenters. The van der Waals surface area contributed by atoms with Crippen molar-refractivity contribution in [2.24, 2.45) is 0 Å². The molecular formula is C32H28FN5O5. The van der Waals surface area contributed by atoms with Crippen molar-refractivity contribution < 1.29 is 28.2 Å². The highest BCUT2D eigenvalue weighted by molar-refractivity contribution is 5.96. The number of benzene rings is 3. The van der Waals surface area contributed by atoms with E-state index in [-0.39, 0.29) is 48.6 Å². The van der Waals surface area contributed by atoms with Crippen LogP contribution in [0, 0.1) is 5.82 Å². The van der Waals surface area contributed by atoms with Gasteiger partial charge in [-0.25, -0.2) is 9.37 Å². The van der Waals surface area contributed by atoms with Crippen LogP contribution in [0.15, 0.2) is 84.9 Å². The normalized spacial score (nSPS) is 18.5. The Morgan fingerprint density at radius 3 is 2.53 bits per heavy atom. The average Bonchev–Trinajstić information content (AvgIpc) is 3.40. The van der Waals surface area contributed by atoms with E-state index in [2.05, 4.69) is 15.6 Å². The topological polar surface area (TPSA) is 136 Å². The predicted molar refractivity (Wildman–Crippen MR) is 156 cm³/mol. The minimum Gasteiger partial charge on any atom is -0.486 e. The molecule has 0 saturated carbocycles. The second kappa shape index (κ2) is 11.8. The lowest BCUT2D eigenvalue weighted by Crippen LogP contribution is -2.45. The molecule has 1 saturated heterocycles. The van der Waals surface area contributed by atoms with Gasteiger partial charge in [0.25, 0.3) is 17.7 Å². The number of hydrogen-bond donors (Lipinski definition) is 3. The van der Waals surface area contributed by atoms with Crippen LogP contribution in [0.2, 0.25) is 0 Å². The van der Waals surface area contributed by atoms with E-state index < -0.39 is 23.9 Å². The summed E-state index contributed by atoms with van der Waals surface area (Å²) in [6.45, 7) is 0.355. The number of nitrogens with zero attached hydrogens (tertiary/aromatic N) is 2. The van der Waals surface area contributed by atoms with Crippen LogP contribution in [0.1, 0.15) is 26.4 Å². The Kier molecular flexibility index (Phi) is 7.61. The van der Waals surface area contributed by atoms with Crippen LogP contribution in [-0.2, 0) is 11.3 Å². The Bertz CT molecular complexity index is 1700. The monoisotopic (exact) mass is 581 g/mol. The summed E-state index contributed by atoms with van der Waals surface area (Å²) in [6.07, 6.45) is -0.648. The third-order valence-electron chi connectivity index (χ3n) is 7.31. The van der Waals surface area contributed by atoms with Gasteiger partial charge in [-0.2, -0.15) is 0 Å². The SMILES string of the molecule is Nc1cccc(C(=O)N2C[C@@H]3NC(=O)c4cc(ccc4F)-c4cccc(c4)OCC(=O)NCc4ccc(cc4)O[C@H]3C2)n1. The van der Waals surface area contributed by atoms with E-state index in [1.54, 1.807) is 72.8 Å². The minimum atomic E-state index is -0.699. The molecule has 43 heavy (non-hydrogen) atoms. The summed E-state index contributed by atoms with van der Waals surface area (Å²) in [5, 5.41) is 5.71. The number of pyridine rings is 1. The smallest absolute Gasteiger partial charge is 0.272 e. The number of carbonyl (C=O) groups is 3. The summed E-state index contributed by atoms with van der Waals surface area (Å²) in [7, 11) is 0. The Morgan fingerprint density at radius 2 is 1.72 bits per heavy atom. The lowest BCUT2D eigenvalue weighted by molar-refractivity contribution is -0.123. The van der Waals surface area contributed by atoms with E-state index in [1.165, 1.54) is 17.0 Å². The first-order valence-electron chi connectivity index (χ1n) is 13.7. The number of ether oxygens (including phenoxy) is 2. The Hall–Kier alpha value is -5.45. The molecule has 4 aromatic rings. The summed E-state index contributed by atoms with van der Waals surface area (Å²) in [6, 6.07) is 22.4. The number of nitrogen functional groups attached to an aromatic ring is 1. The number of nitrogens with two attached hydrogens (primary N) is 1. The zero-order chi connectivity index (χ0) is 29.9. The van der Waals surface area contributed by atoms with Gasteiger partial charge in [-0.15, -0.1) is 0 Å². The second-order valence-corrected chi connectivity index (χ2v) is 10.3. The average molecular weight is 582 g/mol.